The van der Waals surface area contributed by atoms with Crippen molar-refractivity contribution in [3.8, 4) is 5.75 Å². The van der Waals surface area contributed by atoms with E-state index in [4.69, 9.17) is 4.74 Å². The van der Waals surface area contributed by atoms with Crippen LogP contribution in [0.3, 0.4) is 0 Å². The van der Waals surface area contributed by atoms with Crippen molar-refractivity contribution in [2.75, 3.05) is 23.4 Å². The maximum atomic E-state index is 12.6. The molecular weight excluding hydrogens is 340 g/mol. The summed E-state index contributed by atoms with van der Waals surface area (Å²) < 4.78 is 5.59. The zero-order valence-electron chi connectivity index (χ0n) is 15.4. The Labute approximate surface area is 159 Å². The van der Waals surface area contributed by atoms with Gasteiger partial charge in [-0.25, -0.2) is 0 Å². The molecule has 0 saturated heterocycles. The molecule has 1 heterocycles. The molecule has 0 bridgehead atoms. The SMILES string of the molecule is O=C(CCC(=O)N1CCOc2ccccc21)Nc1cccc2c1CCCC2. The van der Waals surface area contributed by atoms with Gasteiger partial charge < -0.3 is 15.0 Å². The molecule has 1 aliphatic carbocycles. The molecule has 0 unspecified atom stereocenters. The molecule has 1 aliphatic heterocycles. The van der Waals surface area contributed by atoms with Crippen LogP contribution in [-0.4, -0.2) is 25.0 Å². The first-order chi connectivity index (χ1) is 13.2. The molecule has 2 aromatic rings. The average molecular weight is 364 g/mol. The Balaban J connectivity index is 1.37. The van der Waals surface area contributed by atoms with Gasteiger partial charge in [0, 0.05) is 18.5 Å². The van der Waals surface area contributed by atoms with Crippen molar-refractivity contribution in [3.63, 3.8) is 0 Å². The van der Waals surface area contributed by atoms with Crippen molar-refractivity contribution in [1.82, 2.24) is 0 Å². The van der Waals surface area contributed by atoms with Gasteiger partial charge in [0.15, 0.2) is 0 Å². The lowest BCUT2D eigenvalue weighted by atomic mass is 9.90. The van der Waals surface area contributed by atoms with E-state index in [1.54, 1.807) is 4.90 Å². The van der Waals surface area contributed by atoms with E-state index in [1.807, 2.05) is 36.4 Å². The second-order valence-electron chi connectivity index (χ2n) is 7.06. The molecule has 0 radical (unpaired) electrons. The maximum absolute atomic E-state index is 12.6. The number of anilines is 2. The highest BCUT2D eigenvalue weighted by Gasteiger charge is 2.23. The van der Waals surface area contributed by atoms with E-state index in [0.717, 1.165) is 36.4 Å². The number of fused-ring (bicyclic) bond motifs is 2. The van der Waals surface area contributed by atoms with Gasteiger partial charge in [-0.1, -0.05) is 24.3 Å². The fraction of sp³-hybridized carbons (Fsp3) is 0.364. The zero-order chi connectivity index (χ0) is 18.6. The largest absolute Gasteiger partial charge is 0.490 e. The number of rotatable bonds is 4. The topological polar surface area (TPSA) is 58.6 Å². The first-order valence-corrected chi connectivity index (χ1v) is 9.65. The summed E-state index contributed by atoms with van der Waals surface area (Å²) >= 11 is 0. The van der Waals surface area contributed by atoms with Gasteiger partial charge in [-0.2, -0.15) is 0 Å². The highest BCUT2D eigenvalue weighted by molar-refractivity contribution is 5.99. The van der Waals surface area contributed by atoms with Crippen molar-refractivity contribution in [2.45, 2.75) is 38.5 Å². The van der Waals surface area contributed by atoms with Gasteiger partial charge in [-0.15, -0.1) is 0 Å². The first-order valence-electron chi connectivity index (χ1n) is 9.65. The molecule has 27 heavy (non-hydrogen) atoms. The first kappa shape index (κ1) is 17.6. The van der Waals surface area contributed by atoms with E-state index in [2.05, 4.69) is 11.4 Å². The molecule has 2 aliphatic rings. The Morgan fingerprint density at radius 3 is 2.78 bits per heavy atom. The minimum atomic E-state index is -0.108. The highest BCUT2D eigenvalue weighted by Crippen LogP contribution is 2.31. The fourth-order valence-electron chi connectivity index (χ4n) is 3.90. The van der Waals surface area contributed by atoms with Gasteiger partial charge in [0.1, 0.15) is 12.4 Å². The van der Waals surface area contributed by atoms with Crippen molar-refractivity contribution >= 4 is 23.2 Å². The molecule has 5 nitrogen and oxygen atoms in total. The minimum Gasteiger partial charge on any atom is -0.490 e. The van der Waals surface area contributed by atoms with E-state index in [9.17, 15) is 9.59 Å². The number of para-hydroxylation sites is 2. The number of carbonyl (C=O) groups is 2. The van der Waals surface area contributed by atoms with E-state index < -0.39 is 0 Å². The maximum Gasteiger partial charge on any atom is 0.227 e. The smallest absolute Gasteiger partial charge is 0.227 e. The van der Waals surface area contributed by atoms with Crippen LogP contribution < -0.4 is 15.0 Å². The van der Waals surface area contributed by atoms with Gasteiger partial charge in [0.25, 0.3) is 0 Å². The lowest BCUT2D eigenvalue weighted by Gasteiger charge is -2.29. The second-order valence-corrected chi connectivity index (χ2v) is 7.06. The summed E-state index contributed by atoms with van der Waals surface area (Å²) in [4.78, 5) is 26.8. The van der Waals surface area contributed by atoms with Crippen LogP contribution in [0.25, 0.3) is 0 Å². The molecule has 2 amide bonds. The molecule has 2 aromatic carbocycles. The summed E-state index contributed by atoms with van der Waals surface area (Å²) in [5.41, 5.74) is 4.28. The second kappa shape index (κ2) is 7.82. The van der Waals surface area contributed by atoms with Crippen LogP contribution in [0.4, 0.5) is 11.4 Å². The molecule has 0 aromatic heterocycles. The minimum absolute atomic E-state index is 0.0454. The van der Waals surface area contributed by atoms with Gasteiger partial charge in [0.2, 0.25) is 11.8 Å². The number of carbonyl (C=O) groups excluding carboxylic acids is 2. The van der Waals surface area contributed by atoms with Crippen molar-refractivity contribution in [3.05, 3.63) is 53.6 Å². The summed E-state index contributed by atoms with van der Waals surface area (Å²) in [5.74, 6) is 0.567. The molecule has 0 fully saturated rings. The van der Waals surface area contributed by atoms with E-state index in [0.29, 0.717) is 13.2 Å². The number of aryl methyl sites for hydroxylation is 1. The Hall–Kier alpha value is -2.82. The summed E-state index contributed by atoms with van der Waals surface area (Å²) in [6, 6.07) is 13.6. The molecule has 0 atom stereocenters. The molecule has 1 N–H and O–H groups in total. The monoisotopic (exact) mass is 364 g/mol. The summed E-state index contributed by atoms with van der Waals surface area (Å²) in [6.07, 6.45) is 4.83. The van der Waals surface area contributed by atoms with Crippen LogP contribution in [0.2, 0.25) is 0 Å². The lowest BCUT2D eigenvalue weighted by molar-refractivity contribution is -0.122. The van der Waals surface area contributed by atoms with Crippen LogP contribution in [0.5, 0.6) is 5.75 Å². The van der Waals surface area contributed by atoms with E-state index >= 15 is 0 Å². The van der Waals surface area contributed by atoms with Crippen molar-refractivity contribution in [1.29, 1.82) is 0 Å². The number of hydrogen-bond acceptors (Lipinski definition) is 3. The van der Waals surface area contributed by atoms with Crippen LogP contribution in [0, 0.1) is 0 Å². The van der Waals surface area contributed by atoms with Crippen LogP contribution in [0.1, 0.15) is 36.8 Å². The number of amides is 2. The predicted molar refractivity (Wildman–Crippen MR) is 105 cm³/mol. The van der Waals surface area contributed by atoms with Gasteiger partial charge in [-0.3, -0.25) is 9.59 Å². The Kier molecular flexibility index (Phi) is 5.10. The number of nitrogens with one attached hydrogen (secondary N) is 1. The molecule has 0 saturated carbocycles. The van der Waals surface area contributed by atoms with Crippen LogP contribution in [0.15, 0.2) is 42.5 Å². The Bertz CT molecular complexity index is 862. The van der Waals surface area contributed by atoms with Crippen LogP contribution in [-0.2, 0) is 22.4 Å². The molecule has 5 heteroatoms. The van der Waals surface area contributed by atoms with Gasteiger partial charge in [0.05, 0.1) is 12.2 Å². The average Bonchev–Trinajstić information content (AvgIpc) is 2.72. The van der Waals surface area contributed by atoms with E-state index in [1.165, 1.54) is 17.5 Å². The normalized spacial score (nSPS) is 15.3. The standard InChI is InChI=1S/C22H24N2O3/c25-21(23-18-9-5-7-16-6-1-2-8-17(16)18)12-13-22(26)24-14-15-27-20-11-4-3-10-19(20)24/h3-5,7,9-11H,1-2,6,8,12-15H2,(H,23,25). The molecule has 0 spiro atoms. The van der Waals surface area contributed by atoms with E-state index in [-0.39, 0.29) is 24.7 Å². The molecule has 140 valence electrons. The summed E-state index contributed by atoms with van der Waals surface area (Å²) in [5, 5.41) is 3.01. The third-order valence-electron chi connectivity index (χ3n) is 5.27. The number of ether oxygens (including phenoxy) is 1. The number of benzene rings is 2. The Morgan fingerprint density at radius 1 is 1.00 bits per heavy atom. The fourth-order valence-corrected chi connectivity index (χ4v) is 3.90. The third-order valence-corrected chi connectivity index (χ3v) is 5.27. The Morgan fingerprint density at radius 2 is 1.85 bits per heavy atom. The van der Waals surface area contributed by atoms with Crippen molar-refractivity contribution in [2.24, 2.45) is 0 Å². The number of hydrogen-bond donors (Lipinski definition) is 1. The summed E-state index contributed by atoms with van der Waals surface area (Å²) in [7, 11) is 0. The van der Waals surface area contributed by atoms with Crippen LogP contribution >= 0.6 is 0 Å². The molecule has 4 rings (SSSR count). The lowest BCUT2D eigenvalue weighted by Crippen LogP contribution is -2.38. The third kappa shape index (κ3) is 3.82. The van der Waals surface area contributed by atoms with Crippen molar-refractivity contribution < 1.29 is 14.3 Å². The van der Waals surface area contributed by atoms with Gasteiger partial charge >= 0.3 is 0 Å². The predicted octanol–water partition coefficient (Wildman–Crippen LogP) is 3.71. The quantitative estimate of drug-likeness (QED) is 0.900. The van der Waals surface area contributed by atoms with Gasteiger partial charge in [-0.05, 0) is 55.0 Å². The zero-order valence-corrected chi connectivity index (χ0v) is 15.4. The highest BCUT2D eigenvalue weighted by atomic mass is 16.5. The molecular formula is C22H24N2O3. The number of nitrogens with zero attached hydrogens (tertiary/aromatic N) is 1. The summed E-state index contributed by atoms with van der Waals surface area (Å²) in [6.45, 7) is 0.995.